The minimum Gasteiger partial charge on any atom is -0.337 e. The molecule has 0 radical (unpaired) electrons. The highest BCUT2D eigenvalue weighted by Gasteiger charge is 2.19. The van der Waals surface area contributed by atoms with Crippen LogP contribution < -0.4 is 0 Å². The van der Waals surface area contributed by atoms with E-state index in [1.165, 1.54) is 16.0 Å². The molecule has 1 aliphatic rings. The van der Waals surface area contributed by atoms with Crippen LogP contribution in [0.4, 0.5) is 0 Å². The van der Waals surface area contributed by atoms with Crippen LogP contribution in [-0.2, 0) is 11.3 Å². The summed E-state index contributed by atoms with van der Waals surface area (Å²) in [5, 5.41) is 6.37. The van der Waals surface area contributed by atoms with Crippen molar-refractivity contribution in [3.05, 3.63) is 50.4 Å². The topological polar surface area (TPSA) is 23.6 Å². The molecule has 3 rings (SSSR count). The van der Waals surface area contributed by atoms with Crippen molar-refractivity contribution in [3.63, 3.8) is 0 Å². The molecule has 1 aliphatic heterocycles. The molecule has 0 N–H and O–H groups in total. The van der Waals surface area contributed by atoms with Gasteiger partial charge in [-0.25, -0.2) is 0 Å². The number of amides is 1. The largest absolute Gasteiger partial charge is 0.337 e. The highest BCUT2D eigenvalue weighted by molar-refractivity contribution is 7.11. The zero-order valence-corrected chi connectivity index (χ0v) is 14.3. The van der Waals surface area contributed by atoms with Crippen molar-refractivity contribution in [1.82, 2.24) is 9.80 Å². The van der Waals surface area contributed by atoms with Gasteiger partial charge in [0.2, 0.25) is 5.91 Å². The van der Waals surface area contributed by atoms with Crippen molar-refractivity contribution in [3.8, 4) is 0 Å². The second-order valence-electron chi connectivity index (χ2n) is 5.53. The third-order valence-electron chi connectivity index (χ3n) is 3.95. The summed E-state index contributed by atoms with van der Waals surface area (Å²) >= 11 is 3.42. The predicted molar refractivity (Wildman–Crippen MR) is 94.3 cm³/mol. The Morgan fingerprint density at radius 3 is 2.68 bits per heavy atom. The van der Waals surface area contributed by atoms with Crippen molar-refractivity contribution >= 4 is 34.7 Å². The normalized spacial score (nSPS) is 16.5. The van der Waals surface area contributed by atoms with E-state index < -0.39 is 0 Å². The minimum absolute atomic E-state index is 0.128. The first-order valence-electron chi connectivity index (χ1n) is 7.47. The Labute approximate surface area is 139 Å². The van der Waals surface area contributed by atoms with Crippen molar-refractivity contribution in [2.24, 2.45) is 0 Å². The number of rotatable bonds is 4. The summed E-state index contributed by atoms with van der Waals surface area (Å²) in [6.45, 7) is 6.61. The highest BCUT2D eigenvalue weighted by Crippen LogP contribution is 2.17. The molecule has 0 spiro atoms. The van der Waals surface area contributed by atoms with Gasteiger partial charge < -0.3 is 4.90 Å². The number of carbonyl (C=O) groups excluding carboxylic acids is 1. The van der Waals surface area contributed by atoms with Crippen molar-refractivity contribution in [1.29, 1.82) is 0 Å². The van der Waals surface area contributed by atoms with Crippen molar-refractivity contribution < 1.29 is 4.79 Å². The molecule has 5 heteroatoms. The highest BCUT2D eigenvalue weighted by atomic mass is 32.1. The van der Waals surface area contributed by atoms with E-state index in [1.54, 1.807) is 28.7 Å². The van der Waals surface area contributed by atoms with Crippen LogP contribution in [0.25, 0.3) is 6.08 Å². The monoisotopic (exact) mass is 332 g/mol. The number of hydrogen-bond acceptors (Lipinski definition) is 4. The van der Waals surface area contributed by atoms with Gasteiger partial charge in [0.15, 0.2) is 0 Å². The van der Waals surface area contributed by atoms with Crippen LogP contribution in [0.2, 0.25) is 0 Å². The Hall–Kier alpha value is -1.43. The van der Waals surface area contributed by atoms with Crippen molar-refractivity contribution in [2.45, 2.75) is 13.5 Å². The fraction of sp³-hybridized carbons (Fsp3) is 0.353. The summed E-state index contributed by atoms with van der Waals surface area (Å²) in [6, 6.07) is 4.26. The molecule has 22 heavy (non-hydrogen) atoms. The summed E-state index contributed by atoms with van der Waals surface area (Å²) in [5.74, 6) is 0.128. The van der Waals surface area contributed by atoms with Crippen LogP contribution in [0.1, 0.15) is 16.0 Å². The van der Waals surface area contributed by atoms with E-state index in [2.05, 4.69) is 40.1 Å². The lowest BCUT2D eigenvalue weighted by molar-refractivity contribution is -0.127. The lowest BCUT2D eigenvalue weighted by Crippen LogP contribution is -2.47. The Bertz CT molecular complexity index is 637. The zero-order valence-electron chi connectivity index (χ0n) is 12.7. The summed E-state index contributed by atoms with van der Waals surface area (Å²) < 4.78 is 0. The van der Waals surface area contributed by atoms with Crippen LogP contribution in [0.3, 0.4) is 0 Å². The molecular formula is C17H20N2OS2. The van der Waals surface area contributed by atoms with Gasteiger partial charge in [0.25, 0.3) is 0 Å². The number of carbonyl (C=O) groups is 1. The summed E-state index contributed by atoms with van der Waals surface area (Å²) in [7, 11) is 0. The third kappa shape index (κ3) is 3.85. The molecule has 0 bridgehead atoms. The second kappa shape index (κ2) is 7.22. The molecule has 0 saturated carbocycles. The first kappa shape index (κ1) is 15.5. The van der Waals surface area contributed by atoms with Gasteiger partial charge in [-0.3, -0.25) is 9.69 Å². The number of nitrogens with zero attached hydrogens (tertiary/aromatic N) is 2. The van der Waals surface area contributed by atoms with E-state index in [9.17, 15) is 4.79 Å². The number of aryl methyl sites for hydroxylation is 1. The smallest absolute Gasteiger partial charge is 0.246 e. The molecule has 3 heterocycles. The van der Waals surface area contributed by atoms with Gasteiger partial charge in [-0.15, -0.1) is 11.3 Å². The fourth-order valence-electron chi connectivity index (χ4n) is 2.57. The minimum atomic E-state index is 0.128. The average molecular weight is 332 g/mol. The van der Waals surface area contributed by atoms with Crippen LogP contribution in [-0.4, -0.2) is 41.9 Å². The Morgan fingerprint density at radius 2 is 2.05 bits per heavy atom. The quantitative estimate of drug-likeness (QED) is 0.800. The zero-order chi connectivity index (χ0) is 15.4. The first-order valence-corrected chi connectivity index (χ1v) is 9.29. The van der Waals surface area contributed by atoms with E-state index in [4.69, 9.17) is 0 Å². The molecule has 0 aliphatic carbocycles. The van der Waals surface area contributed by atoms with Gasteiger partial charge in [-0.05, 0) is 52.4 Å². The predicted octanol–water partition coefficient (Wildman–Crippen LogP) is 3.48. The van der Waals surface area contributed by atoms with Crippen molar-refractivity contribution in [2.75, 3.05) is 26.2 Å². The molecule has 3 nitrogen and oxygen atoms in total. The van der Waals surface area contributed by atoms with Crippen LogP contribution in [0.15, 0.2) is 34.3 Å². The lowest BCUT2D eigenvalue weighted by Gasteiger charge is -2.34. The second-order valence-corrected chi connectivity index (χ2v) is 7.26. The number of hydrogen-bond donors (Lipinski definition) is 0. The summed E-state index contributed by atoms with van der Waals surface area (Å²) in [5.41, 5.74) is 2.60. The standard InChI is InChI=1S/C17H20N2OS2/c1-14-4-11-22-16(14)2-3-17(20)19-8-6-18(7-9-19)12-15-5-10-21-13-15/h2-5,10-11,13H,6-9,12H2,1H3/b3-2+. The van der Waals surface area contributed by atoms with Crippen LogP contribution in [0, 0.1) is 6.92 Å². The number of piperazine rings is 1. The Kier molecular flexibility index (Phi) is 5.08. The van der Waals surface area contributed by atoms with Gasteiger partial charge in [-0.1, -0.05) is 0 Å². The Morgan fingerprint density at radius 1 is 1.23 bits per heavy atom. The molecule has 1 saturated heterocycles. The SMILES string of the molecule is Cc1ccsc1/C=C/C(=O)N1CCN(Cc2ccsc2)CC1. The first-order chi connectivity index (χ1) is 10.7. The average Bonchev–Trinajstić information content (AvgIpc) is 3.17. The van der Waals surface area contributed by atoms with Gasteiger partial charge in [0, 0.05) is 43.7 Å². The molecule has 0 atom stereocenters. The molecule has 0 aromatic carbocycles. The molecule has 1 fully saturated rings. The maximum Gasteiger partial charge on any atom is 0.246 e. The van der Waals surface area contributed by atoms with E-state index in [0.717, 1.165) is 32.7 Å². The van der Waals surface area contributed by atoms with E-state index in [1.807, 2.05) is 11.0 Å². The third-order valence-corrected chi connectivity index (χ3v) is 5.67. The summed E-state index contributed by atoms with van der Waals surface area (Å²) in [6.07, 6.45) is 3.66. The molecule has 1 amide bonds. The van der Waals surface area contributed by atoms with Gasteiger partial charge in [0.1, 0.15) is 0 Å². The van der Waals surface area contributed by atoms with Gasteiger partial charge >= 0.3 is 0 Å². The molecule has 116 valence electrons. The van der Waals surface area contributed by atoms with Crippen LogP contribution >= 0.6 is 22.7 Å². The fourth-order valence-corrected chi connectivity index (χ4v) is 4.05. The molecular weight excluding hydrogens is 312 g/mol. The van der Waals surface area contributed by atoms with E-state index >= 15 is 0 Å². The van der Waals surface area contributed by atoms with Gasteiger partial charge in [0.05, 0.1) is 0 Å². The summed E-state index contributed by atoms with van der Waals surface area (Å²) in [4.78, 5) is 17.8. The molecule has 2 aromatic heterocycles. The molecule has 2 aromatic rings. The lowest BCUT2D eigenvalue weighted by atomic mass is 10.2. The molecule has 0 unspecified atom stereocenters. The van der Waals surface area contributed by atoms with Gasteiger partial charge in [-0.2, -0.15) is 11.3 Å². The maximum absolute atomic E-state index is 12.3. The maximum atomic E-state index is 12.3. The Balaban J connectivity index is 1.49. The van der Waals surface area contributed by atoms with E-state index in [-0.39, 0.29) is 5.91 Å². The van der Waals surface area contributed by atoms with Crippen LogP contribution in [0.5, 0.6) is 0 Å². The van der Waals surface area contributed by atoms with E-state index in [0.29, 0.717) is 0 Å². The number of thiophene rings is 2.